The van der Waals surface area contributed by atoms with Crippen molar-refractivity contribution in [3.63, 3.8) is 0 Å². The van der Waals surface area contributed by atoms with Gasteiger partial charge in [-0.15, -0.1) is 0 Å². The molecule has 1 fully saturated rings. The highest BCUT2D eigenvalue weighted by Crippen LogP contribution is 2.33. The molecule has 152 valence electrons. The number of nitrogens with one attached hydrogen (secondary N) is 1. The van der Waals surface area contributed by atoms with E-state index in [0.717, 1.165) is 22.5 Å². The van der Waals surface area contributed by atoms with Crippen LogP contribution in [0.5, 0.6) is 0 Å². The summed E-state index contributed by atoms with van der Waals surface area (Å²) in [5, 5.41) is 3.06. The van der Waals surface area contributed by atoms with Crippen molar-refractivity contribution < 1.29 is 9.59 Å². The van der Waals surface area contributed by atoms with E-state index >= 15 is 0 Å². The lowest BCUT2D eigenvalue weighted by Crippen LogP contribution is -2.30. The van der Waals surface area contributed by atoms with Gasteiger partial charge in [0, 0.05) is 19.2 Å². The molecule has 1 atom stereocenters. The quantitative estimate of drug-likeness (QED) is 0.754. The summed E-state index contributed by atoms with van der Waals surface area (Å²) in [5.41, 5.74) is 4.96. The smallest absolute Gasteiger partial charge is 0.242 e. The van der Waals surface area contributed by atoms with Gasteiger partial charge in [-0.1, -0.05) is 55.9 Å². The summed E-state index contributed by atoms with van der Waals surface area (Å²) in [6.07, 6.45) is 0.117. The maximum Gasteiger partial charge on any atom is 0.242 e. The van der Waals surface area contributed by atoms with Gasteiger partial charge in [-0.2, -0.15) is 0 Å². The van der Waals surface area contributed by atoms with E-state index in [9.17, 15) is 9.59 Å². The Hall–Kier alpha value is -2.60. The summed E-state index contributed by atoms with van der Waals surface area (Å²) < 4.78 is 0. The van der Waals surface area contributed by atoms with E-state index in [2.05, 4.69) is 19.2 Å². The first-order valence-corrected chi connectivity index (χ1v) is 10.6. The Labute approximate surface area is 176 Å². The largest absolute Gasteiger partial charge is 0.326 e. The number of anilines is 1. The monoisotopic (exact) mass is 409 g/mol. The average Bonchev–Trinajstić information content (AvgIpc) is 2.93. The van der Waals surface area contributed by atoms with Crippen LogP contribution in [0.4, 0.5) is 11.4 Å². The number of amides is 2. The molecule has 6 heteroatoms. The minimum absolute atomic E-state index is 0.0923. The van der Waals surface area contributed by atoms with E-state index in [-0.39, 0.29) is 18.2 Å². The summed E-state index contributed by atoms with van der Waals surface area (Å²) in [4.78, 5) is 31.4. The molecule has 1 aliphatic heterocycles. The van der Waals surface area contributed by atoms with Gasteiger partial charge in [0.15, 0.2) is 5.17 Å². The highest BCUT2D eigenvalue weighted by Gasteiger charge is 2.37. The molecule has 2 aromatic carbocycles. The van der Waals surface area contributed by atoms with Gasteiger partial charge < -0.3 is 5.32 Å². The van der Waals surface area contributed by atoms with Gasteiger partial charge in [0.25, 0.3) is 0 Å². The molecule has 0 aromatic heterocycles. The number of carbonyl (C=O) groups is 2. The second-order valence-corrected chi connectivity index (χ2v) is 8.84. The van der Waals surface area contributed by atoms with Crippen LogP contribution in [0.25, 0.3) is 0 Å². The lowest BCUT2D eigenvalue weighted by molar-refractivity contribution is -0.127. The zero-order valence-electron chi connectivity index (χ0n) is 17.5. The Kier molecular flexibility index (Phi) is 6.42. The van der Waals surface area contributed by atoms with Crippen molar-refractivity contribution in [2.75, 3.05) is 12.4 Å². The molecule has 1 N–H and O–H groups in total. The maximum atomic E-state index is 12.6. The number of hydrogen-bond acceptors (Lipinski definition) is 4. The van der Waals surface area contributed by atoms with E-state index in [1.54, 1.807) is 11.9 Å². The summed E-state index contributed by atoms with van der Waals surface area (Å²) >= 11 is 1.35. The van der Waals surface area contributed by atoms with E-state index < -0.39 is 5.25 Å². The highest BCUT2D eigenvalue weighted by atomic mass is 32.2. The van der Waals surface area contributed by atoms with E-state index in [1.165, 1.54) is 17.3 Å². The molecule has 1 aliphatic rings. The standard InChI is InChI=1S/C23H27N3O2S/c1-14(2)17-9-11-18(12-10-17)24-20(27)13-19-22(28)26(5)23(29-19)25-21-15(3)7-6-8-16(21)4/h6-12,14,19H,13H2,1-5H3,(H,24,27)/t19-/m1/s1. The minimum Gasteiger partial charge on any atom is -0.326 e. The highest BCUT2D eigenvalue weighted by molar-refractivity contribution is 8.15. The zero-order chi connectivity index (χ0) is 21.1. The number of para-hydroxylation sites is 1. The molecule has 0 saturated carbocycles. The number of carbonyl (C=O) groups excluding carboxylic acids is 2. The maximum absolute atomic E-state index is 12.6. The van der Waals surface area contributed by atoms with Gasteiger partial charge in [0.2, 0.25) is 11.8 Å². The molecule has 0 spiro atoms. The van der Waals surface area contributed by atoms with E-state index in [1.807, 2.05) is 56.3 Å². The van der Waals surface area contributed by atoms with Crippen molar-refractivity contribution in [2.45, 2.75) is 45.3 Å². The van der Waals surface area contributed by atoms with Crippen LogP contribution in [0.1, 0.15) is 42.9 Å². The third-order valence-corrected chi connectivity index (χ3v) is 6.25. The van der Waals surface area contributed by atoms with Gasteiger partial charge in [0.1, 0.15) is 5.25 Å². The molecule has 1 saturated heterocycles. The van der Waals surface area contributed by atoms with Crippen LogP contribution in [-0.4, -0.2) is 34.2 Å². The molecule has 0 aliphatic carbocycles. The number of amidine groups is 1. The van der Waals surface area contributed by atoms with Crippen molar-refractivity contribution in [1.29, 1.82) is 0 Å². The predicted molar refractivity (Wildman–Crippen MR) is 121 cm³/mol. The number of nitrogens with zero attached hydrogens (tertiary/aromatic N) is 2. The Morgan fingerprint density at radius 2 is 1.76 bits per heavy atom. The number of aliphatic imine (C=N–C) groups is 1. The summed E-state index contributed by atoms with van der Waals surface area (Å²) in [5.74, 6) is 0.178. The van der Waals surface area contributed by atoms with Gasteiger partial charge in [0.05, 0.1) is 5.69 Å². The summed E-state index contributed by atoms with van der Waals surface area (Å²) in [6.45, 7) is 8.27. The number of hydrogen-bond donors (Lipinski definition) is 1. The molecule has 2 aromatic rings. The fourth-order valence-corrected chi connectivity index (χ4v) is 4.35. The molecular weight excluding hydrogens is 382 g/mol. The Bertz CT molecular complexity index is 931. The second-order valence-electron chi connectivity index (χ2n) is 7.67. The first-order valence-electron chi connectivity index (χ1n) is 9.75. The lowest BCUT2D eigenvalue weighted by Gasteiger charge is -2.11. The molecule has 5 nitrogen and oxygen atoms in total. The molecule has 29 heavy (non-hydrogen) atoms. The van der Waals surface area contributed by atoms with Crippen LogP contribution < -0.4 is 5.32 Å². The minimum atomic E-state index is -0.460. The van der Waals surface area contributed by atoms with Gasteiger partial charge >= 0.3 is 0 Å². The van der Waals surface area contributed by atoms with Crippen molar-refractivity contribution in [2.24, 2.45) is 4.99 Å². The number of thioether (sulfide) groups is 1. The zero-order valence-corrected chi connectivity index (χ0v) is 18.3. The molecule has 1 heterocycles. The Morgan fingerprint density at radius 3 is 2.34 bits per heavy atom. The molecule has 0 unspecified atom stereocenters. The van der Waals surface area contributed by atoms with Crippen molar-refractivity contribution in [1.82, 2.24) is 4.90 Å². The Balaban J connectivity index is 1.68. The van der Waals surface area contributed by atoms with Crippen LogP contribution in [0.3, 0.4) is 0 Å². The van der Waals surface area contributed by atoms with Crippen molar-refractivity contribution in [3.05, 3.63) is 59.2 Å². The van der Waals surface area contributed by atoms with Crippen LogP contribution in [0, 0.1) is 13.8 Å². The Morgan fingerprint density at radius 1 is 1.14 bits per heavy atom. The van der Waals surface area contributed by atoms with Crippen molar-refractivity contribution >= 4 is 40.1 Å². The molecular formula is C23H27N3O2S. The first kappa shape index (κ1) is 21.1. The van der Waals surface area contributed by atoms with Crippen molar-refractivity contribution in [3.8, 4) is 0 Å². The summed E-state index contributed by atoms with van der Waals surface area (Å²) in [7, 11) is 1.71. The van der Waals surface area contributed by atoms with Crippen LogP contribution in [0.2, 0.25) is 0 Å². The molecule has 2 amide bonds. The lowest BCUT2D eigenvalue weighted by atomic mass is 10.0. The predicted octanol–water partition coefficient (Wildman–Crippen LogP) is 5.02. The molecule has 0 radical (unpaired) electrons. The second kappa shape index (κ2) is 8.82. The normalized spacial score (nSPS) is 18.0. The third kappa shape index (κ3) is 4.88. The topological polar surface area (TPSA) is 61.8 Å². The van der Waals surface area contributed by atoms with E-state index in [0.29, 0.717) is 11.1 Å². The van der Waals surface area contributed by atoms with Crippen LogP contribution in [-0.2, 0) is 9.59 Å². The van der Waals surface area contributed by atoms with Gasteiger partial charge in [-0.05, 0) is 48.6 Å². The first-order chi connectivity index (χ1) is 13.8. The fourth-order valence-electron chi connectivity index (χ4n) is 3.21. The van der Waals surface area contributed by atoms with Crippen LogP contribution >= 0.6 is 11.8 Å². The molecule has 0 bridgehead atoms. The number of rotatable bonds is 5. The number of aryl methyl sites for hydroxylation is 2. The van der Waals surface area contributed by atoms with E-state index in [4.69, 9.17) is 4.99 Å². The number of benzene rings is 2. The third-order valence-electron chi connectivity index (χ3n) is 5.02. The van der Waals surface area contributed by atoms with Gasteiger partial charge in [-0.25, -0.2) is 4.99 Å². The van der Waals surface area contributed by atoms with Gasteiger partial charge in [-0.3, -0.25) is 14.5 Å². The fraction of sp³-hybridized carbons (Fsp3) is 0.348. The average molecular weight is 410 g/mol. The summed E-state index contributed by atoms with van der Waals surface area (Å²) in [6, 6.07) is 13.8. The molecule has 3 rings (SSSR count). The van der Waals surface area contributed by atoms with Crippen LogP contribution in [0.15, 0.2) is 47.5 Å². The SMILES string of the molecule is Cc1cccc(C)c1N=C1S[C@H](CC(=O)Nc2ccc(C(C)C)cc2)C(=O)N1C.